The molecule has 4 atom stereocenters. The Morgan fingerprint density at radius 1 is 1.36 bits per heavy atom. The predicted octanol–water partition coefficient (Wildman–Crippen LogP) is -2.34. The van der Waals surface area contributed by atoms with Gasteiger partial charge in [-0.15, -0.1) is 0 Å². The first-order valence-electron chi connectivity index (χ1n) is 7.64. The number of nitrogens with zero attached hydrogens (tertiary/aromatic N) is 3. The summed E-state index contributed by atoms with van der Waals surface area (Å²) in [5.74, 6) is -0.207. The van der Waals surface area contributed by atoms with Gasteiger partial charge in [0.2, 0.25) is 5.95 Å². The molecule has 0 unspecified atom stereocenters. The Labute approximate surface area is 140 Å². The highest BCUT2D eigenvalue weighted by atomic mass is 16.6. The van der Waals surface area contributed by atoms with Gasteiger partial charge >= 0.3 is 5.69 Å². The van der Waals surface area contributed by atoms with Crippen LogP contribution < -0.4 is 17.0 Å². The summed E-state index contributed by atoms with van der Waals surface area (Å²) in [6.07, 6.45) is -1.89. The smallest absolute Gasteiger partial charge is 0.333 e. The number of aromatic nitrogens is 4. The number of fused-ring (bicyclic) bond motifs is 1. The van der Waals surface area contributed by atoms with Crippen LogP contribution in [-0.4, -0.2) is 59.3 Å². The molecule has 6 N–H and O–H groups in total. The van der Waals surface area contributed by atoms with Crippen LogP contribution in [0.4, 0.5) is 5.95 Å². The zero-order chi connectivity index (χ0) is 18.3. The van der Waals surface area contributed by atoms with Gasteiger partial charge in [-0.05, 0) is 6.92 Å². The highest BCUT2D eigenvalue weighted by Gasteiger charge is 2.45. The van der Waals surface area contributed by atoms with E-state index in [1.807, 2.05) is 0 Å². The summed E-state index contributed by atoms with van der Waals surface area (Å²) >= 11 is 0. The lowest BCUT2D eigenvalue weighted by molar-refractivity contribution is -0.0527. The summed E-state index contributed by atoms with van der Waals surface area (Å²) in [6, 6.07) is 0. The summed E-state index contributed by atoms with van der Waals surface area (Å²) in [6.45, 7) is 1.32. The second-order valence-corrected chi connectivity index (χ2v) is 5.68. The maximum atomic E-state index is 12.8. The molecule has 0 bridgehead atoms. The molecule has 0 saturated carbocycles. The number of hydrogen-bond acceptors (Lipinski definition) is 8. The number of allylic oxidation sites excluding steroid dienone is 2. The Morgan fingerprint density at radius 2 is 2.08 bits per heavy atom. The molecule has 0 radical (unpaired) electrons. The average Bonchev–Trinajstić information content (AvgIpc) is 3.00. The van der Waals surface area contributed by atoms with Gasteiger partial charge in [-0.25, -0.2) is 9.36 Å². The molecule has 0 aliphatic carbocycles. The molecule has 1 aliphatic heterocycles. The van der Waals surface area contributed by atoms with E-state index >= 15 is 0 Å². The van der Waals surface area contributed by atoms with Crippen molar-refractivity contribution in [2.24, 2.45) is 0 Å². The monoisotopic (exact) mass is 353 g/mol. The largest absolute Gasteiger partial charge is 0.394 e. The Balaban J connectivity index is 2.27. The minimum atomic E-state index is -1.49. The molecule has 25 heavy (non-hydrogen) atoms. The van der Waals surface area contributed by atoms with Crippen LogP contribution in [0.3, 0.4) is 0 Å². The van der Waals surface area contributed by atoms with Crippen LogP contribution in [0.15, 0.2) is 21.7 Å². The van der Waals surface area contributed by atoms with Crippen LogP contribution in [0.1, 0.15) is 13.2 Å². The minimum Gasteiger partial charge on any atom is -0.394 e. The second-order valence-electron chi connectivity index (χ2n) is 5.68. The van der Waals surface area contributed by atoms with Gasteiger partial charge in [0.15, 0.2) is 17.4 Å². The molecule has 3 rings (SSSR count). The van der Waals surface area contributed by atoms with Crippen LogP contribution in [0, 0.1) is 0 Å². The number of aliphatic hydroxyl groups excluding tert-OH is 3. The van der Waals surface area contributed by atoms with Gasteiger partial charge in [0.1, 0.15) is 18.3 Å². The summed E-state index contributed by atoms with van der Waals surface area (Å²) in [7, 11) is 0. The molecule has 2 aromatic rings. The number of rotatable bonds is 4. The number of anilines is 1. The number of nitrogens with two attached hydrogens (primary N) is 1. The number of H-pyrrole nitrogens is 1. The van der Waals surface area contributed by atoms with Crippen molar-refractivity contribution in [1.29, 1.82) is 0 Å². The number of aromatic amines is 1. The molecule has 2 aromatic heterocycles. The first-order chi connectivity index (χ1) is 11.9. The molecule has 0 amide bonds. The normalized spacial score (nSPS) is 26.9. The van der Waals surface area contributed by atoms with Gasteiger partial charge < -0.3 is 25.8 Å². The molecular formula is C14H19N5O6. The van der Waals surface area contributed by atoms with Crippen molar-refractivity contribution >= 4 is 17.1 Å². The van der Waals surface area contributed by atoms with E-state index in [4.69, 9.17) is 10.5 Å². The first kappa shape index (κ1) is 17.4. The summed E-state index contributed by atoms with van der Waals surface area (Å²) in [4.78, 5) is 31.4. The van der Waals surface area contributed by atoms with Gasteiger partial charge in [-0.3, -0.25) is 14.3 Å². The number of nitrogen functional groups attached to an aromatic ring is 1. The van der Waals surface area contributed by atoms with Crippen molar-refractivity contribution in [2.45, 2.75) is 38.0 Å². The zero-order valence-corrected chi connectivity index (χ0v) is 13.4. The fourth-order valence-corrected chi connectivity index (χ4v) is 2.90. The van der Waals surface area contributed by atoms with E-state index in [0.29, 0.717) is 0 Å². The molecule has 136 valence electrons. The lowest BCUT2D eigenvalue weighted by Gasteiger charge is -2.15. The van der Waals surface area contributed by atoms with Crippen molar-refractivity contribution in [1.82, 2.24) is 19.1 Å². The summed E-state index contributed by atoms with van der Waals surface area (Å²) < 4.78 is 7.52. The predicted molar refractivity (Wildman–Crippen MR) is 86.8 cm³/mol. The second kappa shape index (κ2) is 6.44. The van der Waals surface area contributed by atoms with E-state index in [-0.39, 0.29) is 23.7 Å². The topological polar surface area (TPSA) is 169 Å². The fraction of sp³-hybridized carbons (Fsp3) is 0.500. The van der Waals surface area contributed by atoms with Crippen molar-refractivity contribution in [3.63, 3.8) is 0 Å². The Morgan fingerprint density at radius 3 is 2.68 bits per heavy atom. The molecule has 1 fully saturated rings. The van der Waals surface area contributed by atoms with Crippen molar-refractivity contribution < 1.29 is 20.1 Å². The van der Waals surface area contributed by atoms with Crippen molar-refractivity contribution in [3.05, 3.63) is 33.0 Å². The van der Waals surface area contributed by atoms with Crippen molar-refractivity contribution in [2.75, 3.05) is 12.3 Å². The van der Waals surface area contributed by atoms with Crippen LogP contribution in [0.5, 0.6) is 0 Å². The summed E-state index contributed by atoms with van der Waals surface area (Å²) in [5, 5.41) is 29.4. The van der Waals surface area contributed by atoms with Gasteiger partial charge in [0.05, 0.1) is 6.61 Å². The van der Waals surface area contributed by atoms with Crippen LogP contribution >= 0.6 is 0 Å². The van der Waals surface area contributed by atoms with E-state index in [9.17, 15) is 24.9 Å². The third kappa shape index (κ3) is 2.66. The standard InChI is InChI=1S/C14H19N5O6/c1-2-3-4-18-7-10(16-13(15)17-11(7)23)19(14(18)24)12-9(22)8(21)6(5-20)25-12/h2-3,6,8-9,12,20-22H,4-5H2,1H3,(H3,15,16,17,23)/b3-2-/t6-,8+,9-,12-/m1/s1. The molecule has 11 heteroatoms. The van der Waals surface area contributed by atoms with Gasteiger partial charge in [-0.2, -0.15) is 4.98 Å². The average molecular weight is 353 g/mol. The van der Waals surface area contributed by atoms with Crippen LogP contribution in [0.2, 0.25) is 0 Å². The lowest BCUT2D eigenvalue weighted by atomic mass is 10.1. The molecule has 0 aromatic carbocycles. The highest BCUT2D eigenvalue weighted by molar-refractivity contribution is 5.71. The highest BCUT2D eigenvalue weighted by Crippen LogP contribution is 2.30. The number of nitrogens with one attached hydrogen (secondary N) is 1. The molecule has 3 heterocycles. The quantitative estimate of drug-likeness (QED) is 0.381. The SMILES string of the molecule is C/C=C\Cn1c(=O)n([C@@H]2O[C@H](CO)[C@H](O)[C@H]2O)c2nc(N)[nH]c(=O)c21. The van der Waals surface area contributed by atoms with Gasteiger partial charge in [0.25, 0.3) is 5.56 Å². The first-order valence-corrected chi connectivity index (χ1v) is 7.64. The number of hydrogen-bond donors (Lipinski definition) is 5. The van der Waals surface area contributed by atoms with Gasteiger partial charge in [0, 0.05) is 6.54 Å². The van der Waals surface area contributed by atoms with E-state index in [1.165, 1.54) is 0 Å². The third-order valence-electron chi connectivity index (χ3n) is 4.13. The number of imidazole rings is 1. The molecule has 1 aliphatic rings. The maximum Gasteiger partial charge on any atom is 0.333 e. The fourth-order valence-electron chi connectivity index (χ4n) is 2.90. The number of aliphatic hydroxyl groups is 3. The minimum absolute atomic E-state index is 0.0324. The third-order valence-corrected chi connectivity index (χ3v) is 4.13. The lowest BCUT2D eigenvalue weighted by Crippen LogP contribution is -2.36. The van der Waals surface area contributed by atoms with Gasteiger partial charge in [-0.1, -0.05) is 12.2 Å². The van der Waals surface area contributed by atoms with E-state index < -0.39 is 42.4 Å². The van der Waals surface area contributed by atoms with E-state index in [2.05, 4.69) is 9.97 Å². The van der Waals surface area contributed by atoms with E-state index in [0.717, 1.165) is 9.13 Å². The Bertz CT molecular complexity index is 928. The van der Waals surface area contributed by atoms with Crippen LogP contribution in [-0.2, 0) is 11.3 Å². The number of ether oxygens (including phenoxy) is 1. The van der Waals surface area contributed by atoms with E-state index in [1.54, 1.807) is 19.1 Å². The molecule has 11 nitrogen and oxygen atoms in total. The molecule has 0 spiro atoms. The zero-order valence-electron chi connectivity index (χ0n) is 13.4. The summed E-state index contributed by atoms with van der Waals surface area (Å²) in [5.41, 5.74) is 4.18. The Hall–Kier alpha value is -2.47. The molecule has 1 saturated heterocycles. The molecular weight excluding hydrogens is 334 g/mol. The van der Waals surface area contributed by atoms with Crippen LogP contribution in [0.25, 0.3) is 11.2 Å². The Kier molecular flexibility index (Phi) is 4.47. The maximum absolute atomic E-state index is 12.8. The van der Waals surface area contributed by atoms with Crippen molar-refractivity contribution in [3.8, 4) is 0 Å².